The quantitative estimate of drug-likeness (QED) is 0.857. The number of piperidine rings is 1. The van der Waals surface area contributed by atoms with Gasteiger partial charge in [0.05, 0.1) is 0 Å². The third-order valence-electron chi connectivity index (χ3n) is 4.42. The molecule has 0 spiro atoms. The van der Waals surface area contributed by atoms with Gasteiger partial charge in [-0.25, -0.2) is 4.39 Å². The van der Waals surface area contributed by atoms with Gasteiger partial charge < -0.3 is 10.2 Å². The molecule has 1 fully saturated rings. The van der Waals surface area contributed by atoms with Crippen LogP contribution in [0.1, 0.15) is 38.7 Å². The topological polar surface area (TPSA) is 15.3 Å². The summed E-state index contributed by atoms with van der Waals surface area (Å²) < 4.78 is 12.9. The van der Waals surface area contributed by atoms with E-state index in [2.05, 4.69) is 24.1 Å². The van der Waals surface area contributed by atoms with E-state index in [-0.39, 0.29) is 5.82 Å². The first-order valence-corrected chi connectivity index (χ1v) is 7.89. The van der Waals surface area contributed by atoms with Crippen LogP contribution in [0.25, 0.3) is 0 Å². The smallest absolute Gasteiger partial charge is 0.123 e. The molecule has 1 N–H and O–H groups in total. The van der Waals surface area contributed by atoms with E-state index in [1.54, 1.807) is 0 Å². The molecule has 3 heteroatoms. The Morgan fingerprint density at radius 2 is 1.90 bits per heavy atom. The van der Waals surface area contributed by atoms with Gasteiger partial charge in [-0.2, -0.15) is 0 Å². The average Bonchev–Trinajstić information content (AvgIpc) is 2.47. The summed E-state index contributed by atoms with van der Waals surface area (Å²) in [7, 11) is 0. The highest BCUT2D eigenvalue weighted by molar-refractivity contribution is 5.15. The summed E-state index contributed by atoms with van der Waals surface area (Å²) >= 11 is 0. The summed E-state index contributed by atoms with van der Waals surface area (Å²) in [5.74, 6) is 0.605. The van der Waals surface area contributed by atoms with Crippen LogP contribution in [0.4, 0.5) is 4.39 Å². The third-order valence-corrected chi connectivity index (χ3v) is 4.42. The van der Waals surface area contributed by atoms with Gasteiger partial charge >= 0.3 is 0 Å². The Balaban J connectivity index is 1.72. The number of benzene rings is 1. The van der Waals surface area contributed by atoms with Crippen molar-refractivity contribution in [2.24, 2.45) is 5.92 Å². The van der Waals surface area contributed by atoms with E-state index in [1.165, 1.54) is 51.0 Å². The van der Waals surface area contributed by atoms with E-state index < -0.39 is 0 Å². The van der Waals surface area contributed by atoms with E-state index in [0.29, 0.717) is 6.04 Å². The van der Waals surface area contributed by atoms with E-state index in [9.17, 15) is 4.39 Å². The molecule has 2 rings (SSSR count). The average molecular weight is 278 g/mol. The summed E-state index contributed by atoms with van der Waals surface area (Å²) in [6, 6.07) is 7.32. The second-order valence-electron chi connectivity index (χ2n) is 5.98. The molecule has 0 saturated carbocycles. The van der Waals surface area contributed by atoms with Crippen LogP contribution in [0.5, 0.6) is 0 Å². The highest BCUT2D eigenvalue weighted by atomic mass is 19.1. The van der Waals surface area contributed by atoms with E-state index in [4.69, 9.17) is 0 Å². The van der Waals surface area contributed by atoms with E-state index >= 15 is 0 Å². The summed E-state index contributed by atoms with van der Waals surface area (Å²) in [5, 5.41) is 3.59. The predicted molar refractivity (Wildman–Crippen MR) is 82.2 cm³/mol. The molecule has 1 aromatic rings. The lowest BCUT2D eigenvalue weighted by atomic mass is 9.90. The monoisotopic (exact) mass is 278 g/mol. The molecule has 0 bridgehead atoms. The minimum Gasteiger partial charge on any atom is -0.310 e. The van der Waals surface area contributed by atoms with Crippen LogP contribution in [0.3, 0.4) is 0 Å². The zero-order chi connectivity index (χ0) is 14.4. The zero-order valence-electron chi connectivity index (χ0n) is 12.7. The van der Waals surface area contributed by atoms with Crippen LogP contribution in [-0.4, -0.2) is 30.6 Å². The maximum atomic E-state index is 12.9. The normalized spacial score (nSPS) is 19.1. The molecule has 1 aliphatic rings. The molecule has 0 amide bonds. The molecular formula is C17H27FN2. The van der Waals surface area contributed by atoms with Crippen LogP contribution < -0.4 is 5.32 Å². The minimum atomic E-state index is -0.162. The van der Waals surface area contributed by atoms with Gasteiger partial charge in [0.15, 0.2) is 0 Å². The zero-order valence-corrected chi connectivity index (χ0v) is 12.7. The fourth-order valence-corrected chi connectivity index (χ4v) is 3.04. The Kier molecular flexibility index (Phi) is 5.99. The molecule has 0 aliphatic carbocycles. The first-order valence-electron chi connectivity index (χ1n) is 7.89. The number of likely N-dealkylation sites (tertiary alicyclic amines) is 1. The number of hydrogen-bond donors (Lipinski definition) is 1. The molecule has 1 aliphatic heterocycles. The van der Waals surface area contributed by atoms with Crippen LogP contribution in [0.2, 0.25) is 0 Å². The van der Waals surface area contributed by atoms with E-state index in [0.717, 1.165) is 18.0 Å². The van der Waals surface area contributed by atoms with Gasteiger partial charge in [-0.1, -0.05) is 19.1 Å². The summed E-state index contributed by atoms with van der Waals surface area (Å²) in [6.45, 7) is 9.07. The first kappa shape index (κ1) is 15.5. The highest BCUT2D eigenvalue weighted by Crippen LogP contribution is 2.21. The lowest BCUT2D eigenvalue weighted by molar-refractivity contribution is 0.162. The number of rotatable bonds is 6. The number of halogens is 1. The Labute approximate surface area is 122 Å². The van der Waals surface area contributed by atoms with Crippen molar-refractivity contribution >= 4 is 0 Å². The van der Waals surface area contributed by atoms with Gasteiger partial charge in [-0.3, -0.25) is 0 Å². The molecule has 1 atom stereocenters. The Morgan fingerprint density at radius 3 is 2.50 bits per heavy atom. The van der Waals surface area contributed by atoms with Gasteiger partial charge in [0, 0.05) is 12.6 Å². The molecule has 0 radical (unpaired) electrons. The second-order valence-corrected chi connectivity index (χ2v) is 5.98. The molecule has 0 aromatic heterocycles. The van der Waals surface area contributed by atoms with Gasteiger partial charge in [-0.15, -0.1) is 0 Å². The van der Waals surface area contributed by atoms with Crippen LogP contribution in [0.15, 0.2) is 24.3 Å². The second kappa shape index (κ2) is 7.75. The van der Waals surface area contributed by atoms with Crippen molar-refractivity contribution in [2.45, 2.75) is 45.7 Å². The van der Waals surface area contributed by atoms with Gasteiger partial charge in [0.25, 0.3) is 0 Å². The van der Waals surface area contributed by atoms with Crippen molar-refractivity contribution in [2.75, 3.05) is 19.6 Å². The SMILES string of the molecule is CCCN1CCC(C(C)NCc2ccc(F)cc2)CC1. The summed E-state index contributed by atoms with van der Waals surface area (Å²) in [4.78, 5) is 2.57. The molecule has 1 heterocycles. The molecule has 1 aromatic carbocycles. The molecule has 112 valence electrons. The highest BCUT2D eigenvalue weighted by Gasteiger charge is 2.22. The largest absolute Gasteiger partial charge is 0.310 e. The van der Waals surface area contributed by atoms with Crippen molar-refractivity contribution in [3.8, 4) is 0 Å². The Bertz CT molecular complexity index is 382. The molecule has 20 heavy (non-hydrogen) atoms. The fourth-order valence-electron chi connectivity index (χ4n) is 3.04. The predicted octanol–water partition coefficient (Wildman–Crippen LogP) is 3.43. The Morgan fingerprint density at radius 1 is 1.25 bits per heavy atom. The fraction of sp³-hybridized carbons (Fsp3) is 0.647. The van der Waals surface area contributed by atoms with Crippen LogP contribution in [0, 0.1) is 11.7 Å². The number of nitrogens with one attached hydrogen (secondary N) is 1. The molecule has 1 saturated heterocycles. The summed E-state index contributed by atoms with van der Waals surface area (Å²) in [6.07, 6.45) is 3.83. The molecule has 2 nitrogen and oxygen atoms in total. The van der Waals surface area contributed by atoms with Crippen molar-refractivity contribution in [3.63, 3.8) is 0 Å². The van der Waals surface area contributed by atoms with Crippen molar-refractivity contribution in [1.29, 1.82) is 0 Å². The van der Waals surface area contributed by atoms with Crippen molar-refractivity contribution < 1.29 is 4.39 Å². The lowest BCUT2D eigenvalue weighted by Crippen LogP contribution is -2.41. The molecular weight excluding hydrogens is 251 g/mol. The maximum absolute atomic E-state index is 12.9. The van der Waals surface area contributed by atoms with Crippen LogP contribution in [-0.2, 0) is 6.54 Å². The lowest BCUT2D eigenvalue weighted by Gasteiger charge is -2.35. The van der Waals surface area contributed by atoms with Crippen molar-refractivity contribution in [1.82, 2.24) is 10.2 Å². The van der Waals surface area contributed by atoms with Gasteiger partial charge in [0.1, 0.15) is 5.82 Å². The molecule has 1 unspecified atom stereocenters. The van der Waals surface area contributed by atoms with Crippen LogP contribution >= 0.6 is 0 Å². The Hall–Kier alpha value is -0.930. The number of nitrogens with zero attached hydrogens (tertiary/aromatic N) is 1. The standard InChI is InChI=1S/C17H27FN2/c1-3-10-20-11-8-16(9-12-20)14(2)19-13-15-4-6-17(18)7-5-15/h4-7,14,16,19H,3,8-13H2,1-2H3. The van der Waals surface area contributed by atoms with E-state index in [1.807, 2.05) is 12.1 Å². The summed E-state index contributed by atoms with van der Waals surface area (Å²) in [5.41, 5.74) is 1.15. The van der Waals surface area contributed by atoms with Gasteiger partial charge in [0.2, 0.25) is 0 Å². The first-order chi connectivity index (χ1) is 9.69. The van der Waals surface area contributed by atoms with Crippen molar-refractivity contribution in [3.05, 3.63) is 35.6 Å². The van der Waals surface area contributed by atoms with Gasteiger partial charge in [-0.05, 0) is 69.4 Å². The minimum absolute atomic E-state index is 0.162. The number of hydrogen-bond acceptors (Lipinski definition) is 2. The maximum Gasteiger partial charge on any atom is 0.123 e. The third kappa shape index (κ3) is 4.57.